The maximum absolute atomic E-state index is 10.4. The van der Waals surface area contributed by atoms with E-state index in [2.05, 4.69) is 0 Å². The van der Waals surface area contributed by atoms with Crippen LogP contribution in [0.3, 0.4) is 0 Å². The number of aliphatic carboxylic acids is 1. The van der Waals surface area contributed by atoms with E-state index in [4.69, 9.17) is 10.2 Å². The number of thioether (sulfide) groups is 1. The van der Waals surface area contributed by atoms with E-state index in [-0.39, 0.29) is 0 Å². The molecule has 0 aromatic carbocycles. The molecule has 0 saturated carbocycles. The van der Waals surface area contributed by atoms with Gasteiger partial charge in [-0.05, 0) is 12.2 Å². The van der Waals surface area contributed by atoms with Crippen molar-refractivity contribution in [3.8, 4) is 0 Å². The third-order valence-electron chi connectivity index (χ3n) is 1.64. The summed E-state index contributed by atoms with van der Waals surface area (Å²) >= 11 is 1.61. The molecule has 0 aliphatic carbocycles. The lowest BCUT2D eigenvalue weighted by molar-refractivity contribution is -0.145. The molecule has 2 N–H and O–H groups in total. The fourth-order valence-electron chi connectivity index (χ4n) is 1.01. The van der Waals surface area contributed by atoms with Gasteiger partial charge in [-0.25, -0.2) is 0 Å². The van der Waals surface area contributed by atoms with Gasteiger partial charge in [-0.15, -0.1) is 0 Å². The smallest absolute Gasteiger partial charge is 0.309 e. The minimum absolute atomic E-state index is 0.527. The number of carboxylic acids is 1. The second kappa shape index (κ2) is 3.25. The fraction of sp³-hybridized carbons (Fsp3) is 0.833. The van der Waals surface area contributed by atoms with Crippen molar-refractivity contribution in [3.63, 3.8) is 0 Å². The van der Waals surface area contributed by atoms with Crippen LogP contribution in [0.4, 0.5) is 0 Å². The highest BCUT2D eigenvalue weighted by Crippen LogP contribution is 2.23. The molecule has 0 spiro atoms. The average molecular weight is 162 g/mol. The van der Waals surface area contributed by atoms with Gasteiger partial charge in [0.15, 0.2) is 0 Å². The highest BCUT2D eigenvalue weighted by atomic mass is 32.2. The van der Waals surface area contributed by atoms with E-state index >= 15 is 0 Å². The monoisotopic (exact) mass is 162 g/mol. The van der Waals surface area contributed by atoms with Crippen molar-refractivity contribution in [3.05, 3.63) is 0 Å². The molecular weight excluding hydrogens is 152 g/mol. The zero-order valence-corrected chi connectivity index (χ0v) is 6.30. The minimum Gasteiger partial charge on any atom is -0.481 e. The molecule has 3 nitrogen and oxygen atoms in total. The van der Waals surface area contributed by atoms with E-state index in [1.165, 1.54) is 0 Å². The van der Waals surface area contributed by atoms with Gasteiger partial charge in [0.25, 0.3) is 0 Å². The molecule has 1 aliphatic rings. The summed E-state index contributed by atoms with van der Waals surface area (Å²) in [7, 11) is 0. The van der Waals surface area contributed by atoms with Gasteiger partial charge in [0.05, 0.1) is 12.0 Å². The van der Waals surface area contributed by atoms with Gasteiger partial charge in [0.2, 0.25) is 0 Å². The summed E-state index contributed by atoms with van der Waals surface area (Å²) in [4.78, 5) is 10.4. The highest BCUT2D eigenvalue weighted by Gasteiger charge is 2.29. The fourth-order valence-corrected chi connectivity index (χ4v) is 2.07. The van der Waals surface area contributed by atoms with E-state index < -0.39 is 18.0 Å². The molecule has 1 fully saturated rings. The molecule has 58 valence electrons. The summed E-state index contributed by atoms with van der Waals surface area (Å²) in [5, 5.41) is 17.7. The first-order valence-electron chi connectivity index (χ1n) is 3.20. The lowest BCUT2D eigenvalue weighted by atomic mass is 10.0. The third kappa shape index (κ3) is 1.64. The van der Waals surface area contributed by atoms with Crippen molar-refractivity contribution < 1.29 is 15.0 Å². The Morgan fingerprint density at radius 2 is 2.30 bits per heavy atom. The van der Waals surface area contributed by atoms with E-state index in [9.17, 15) is 4.79 Å². The molecule has 1 rings (SSSR count). The first-order valence-corrected chi connectivity index (χ1v) is 4.36. The van der Waals surface area contributed by atoms with Crippen molar-refractivity contribution >= 4 is 17.7 Å². The van der Waals surface area contributed by atoms with Crippen molar-refractivity contribution in [2.45, 2.75) is 12.5 Å². The van der Waals surface area contributed by atoms with Gasteiger partial charge in [-0.3, -0.25) is 4.79 Å². The Hall–Kier alpha value is -0.220. The lowest BCUT2D eigenvalue weighted by Gasteiger charge is -2.23. The molecule has 0 bridgehead atoms. The van der Waals surface area contributed by atoms with E-state index in [0.717, 1.165) is 5.75 Å². The predicted octanol–water partition coefficient (Wildman–Crippen LogP) is 0.185. The Morgan fingerprint density at radius 3 is 2.70 bits per heavy atom. The molecular formula is C6H10O3S. The number of hydrogen-bond acceptors (Lipinski definition) is 3. The Bertz CT molecular complexity index is 137. The molecule has 4 heteroatoms. The molecule has 0 radical (unpaired) electrons. The zero-order chi connectivity index (χ0) is 7.56. The maximum Gasteiger partial charge on any atom is 0.309 e. The summed E-state index contributed by atoms with van der Waals surface area (Å²) in [5.41, 5.74) is 0. The first-order chi connectivity index (χ1) is 4.72. The van der Waals surface area contributed by atoms with Crippen LogP contribution in [0.25, 0.3) is 0 Å². The molecule has 1 saturated heterocycles. The second-order valence-electron chi connectivity index (χ2n) is 2.38. The van der Waals surface area contributed by atoms with E-state index in [1.54, 1.807) is 11.8 Å². The number of rotatable bonds is 1. The lowest BCUT2D eigenvalue weighted by Crippen LogP contribution is -2.33. The molecule has 1 aliphatic heterocycles. The Balaban J connectivity index is 2.47. The molecule has 0 unspecified atom stereocenters. The van der Waals surface area contributed by atoms with Crippen LogP contribution in [-0.4, -0.2) is 33.8 Å². The van der Waals surface area contributed by atoms with E-state index in [1.807, 2.05) is 0 Å². The maximum atomic E-state index is 10.4. The molecule has 0 aromatic rings. The summed E-state index contributed by atoms with van der Waals surface area (Å²) in [6.45, 7) is 0. The minimum atomic E-state index is -0.868. The Labute approximate surface area is 63.4 Å². The van der Waals surface area contributed by atoms with Gasteiger partial charge in [-0.2, -0.15) is 11.8 Å². The van der Waals surface area contributed by atoms with Gasteiger partial charge in [0.1, 0.15) is 0 Å². The average Bonchev–Trinajstić information content (AvgIpc) is 1.88. The van der Waals surface area contributed by atoms with Crippen molar-refractivity contribution in [1.29, 1.82) is 0 Å². The van der Waals surface area contributed by atoms with Crippen LogP contribution in [-0.2, 0) is 4.79 Å². The predicted molar refractivity (Wildman–Crippen MR) is 39.1 cm³/mol. The number of carbonyl (C=O) groups is 1. The van der Waals surface area contributed by atoms with Crippen LogP contribution in [0, 0.1) is 5.92 Å². The van der Waals surface area contributed by atoms with Gasteiger partial charge >= 0.3 is 5.97 Å². The number of hydrogen-bond donors (Lipinski definition) is 2. The van der Waals surface area contributed by atoms with Crippen molar-refractivity contribution in [2.24, 2.45) is 5.92 Å². The van der Waals surface area contributed by atoms with Gasteiger partial charge < -0.3 is 10.2 Å². The Kier molecular flexibility index (Phi) is 2.56. The van der Waals surface area contributed by atoms with Crippen molar-refractivity contribution in [2.75, 3.05) is 11.5 Å². The van der Waals surface area contributed by atoms with Crippen molar-refractivity contribution in [1.82, 2.24) is 0 Å². The summed E-state index contributed by atoms with van der Waals surface area (Å²) in [6, 6.07) is 0. The highest BCUT2D eigenvalue weighted by molar-refractivity contribution is 7.99. The van der Waals surface area contributed by atoms with E-state index in [0.29, 0.717) is 12.2 Å². The number of aliphatic hydroxyl groups is 1. The molecule has 10 heavy (non-hydrogen) atoms. The second-order valence-corrected chi connectivity index (χ2v) is 3.53. The first kappa shape index (κ1) is 7.88. The van der Waals surface area contributed by atoms with Crippen LogP contribution >= 0.6 is 11.8 Å². The summed E-state index contributed by atoms with van der Waals surface area (Å²) in [5.74, 6) is 0.0272. The standard InChI is InChI=1S/C6H10O3S/c7-5-3-10-2-1-4(5)6(8)9/h4-5,7H,1-3H2,(H,8,9)/t4-,5+/m0/s1. The summed E-state index contributed by atoms with van der Waals surface area (Å²) < 4.78 is 0. The molecule has 1 heterocycles. The van der Waals surface area contributed by atoms with Gasteiger partial charge in [0, 0.05) is 5.75 Å². The van der Waals surface area contributed by atoms with Crippen LogP contribution in [0.1, 0.15) is 6.42 Å². The largest absolute Gasteiger partial charge is 0.481 e. The zero-order valence-electron chi connectivity index (χ0n) is 5.49. The number of carboxylic acid groups (broad SMARTS) is 1. The SMILES string of the molecule is O=C(O)[C@H]1CCSC[C@H]1O. The summed E-state index contributed by atoms with van der Waals surface area (Å²) in [6.07, 6.45) is -0.0440. The topological polar surface area (TPSA) is 57.5 Å². The molecule has 0 amide bonds. The number of aliphatic hydroxyl groups excluding tert-OH is 1. The normalized spacial score (nSPS) is 33.7. The van der Waals surface area contributed by atoms with Gasteiger partial charge in [-0.1, -0.05) is 0 Å². The van der Waals surface area contributed by atoms with Crippen LogP contribution in [0.2, 0.25) is 0 Å². The Morgan fingerprint density at radius 1 is 1.60 bits per heavy atom. The molecule has 2 atom stereocenters. The van der Waals surface area contributed by atoms with Crippen LogP contribution < -0.4 is 0 Å². The quantitative estimate of drug-likeness (QED) is 0.577. The molecule has 0 aromatic heterocycles. The van der Waals surface area contributed by atoms with Crippen LogP contribution in [0.5, 0.6) is 0 Å². The third-order valence-corrected chi connectivity index (χ3v) is 2.75. The van der Waals surface area contributed by atoms with Crippen LogP contribution in [0.15, 0.2) is 0 Å².